The molecule has 0 aliphatic heterocycles. The number of pyridine rings is 1. The number of amides is 1. The van der Waals surface area contributed by atoms with Gasteiger partial charge in [-0.05, 0) is 42.8 Å². The van der Waals surface area contributed by atoms with Gasteiger partial charge in [0.15, 0.2) is 0 Å². The van der Waals surface area contributed by atoms with E-state index in [4.69, 9.17) is 11.6 Å². The van der Waals surface area contributed by atoms with Crippen LogP contribution in [0.5, 0.6) is 0 Å². The highest BCUT2D eigenvalue weighted by atomic mass is 35.5. The second-order valence-electron chi connectivity index (χ2n) is 5.51. The topological polar surface area (TPSA) is 59.8 Å². The molecule has 0 saturated heterocycles. The summed E-state index contributed by atoms with van der Waals surface area (Å²) in [6.07, 6.45) is 1.70. The summed E-state index contributed by atoms with van der Waals surface area (Å²) in [6, 6.07) is 14.4. The summed E-state index contributed by atoms with van der Waals surface area (Å²) < 4.78 is 1.57. The van der Waals surface area contributed by atoms with Gasteiger partial charge in [0, 0.05) is 18.3 Å². The number of aryl methyl sites for hydroxylation is 2. The molecule has 0 saturated carbocycles. The molecule has 3 aromatic rings. The van der Waals surface area contributed by atoms with Crippen LogP contribution in [0.3, 0.4) is 0 Å². The lowest BCUT2D eigenvalue weighted by Gasteiger charge is -2.19. The molecule has 24 heavy (non-hydrogen) atoms. The smallest absolute Gasteiger partial charge is 0.270 e. The molecule has 0 aliphatic rings. The Labute approximate surface area is 145 Å². The van der Waals surface area contributed by atoms with E-state index in [9.17, 15) is 4.79 Å². The van der Waals surface area contributed by atoms with Crippen LogP contribution in [0.25, 0.3) is 0 Å². The van der Waals surface area contributed by atoms with Gasteiger partial charge in [-0.2, -0.15) is 5.10 Å². The molecule has 1 atom stereocenters. The summed E-state index contributed by atoms with van der Waals surface area (Å²) in [5.41, 5.74) is 2.90. The molecule has 1 aromatic carbocycles. The van der Waals surface area contributed by atoms with E-state index in [1.165, 1.54) is 0 Å². The molecule has 1 amide bonds. The van der Waals surface area contributed by atoms with Crippen LogP contribution in [0.15, 0.2) is 54.7 Å². The number of carbonyl (C=O) groups excluding carboxylic acids is 1. The van der Waals surface area contributed by atoms with Gasteiger partial charge < -0.3 is 5.32 Å². The predicted molar refractivity (Wildman–Crippen MR) is 92.9 cm³/mol. The predicted octanol–water partition coefficient (Wildman–Crippen LogP) is 3.30. The highest BCUT2D eigenvalue weighted by Crippen LogP contribution is 2.23. The highest BCUT2D eigenvalue weighted by Gasteiger charge is 2.21. The normalized spacial score (nSPS) is 12.0. The maximum absolute atomic E-state index is 12.7. The van der Waals surface area contributed by atoms with Crippen molar-refractivity contribution in [3.05, 3.63) is 82.4 Å². The van der Waals surface area contributed by atoms with Gasteiger partial charge >= 0.3 is 0 Å². The zero-order valence-electron chi connectivity index (χ0n) is 13.4. The molecule has 0 bridgehead atoms. The quantitative estimate of drug-likeness (QED) is 0.792. The maximum atomic E-state index is 12.7. The fraction of sp³-hybridized carbons (Fsp3) is 0.167. The van der Waals surface area contributed by atoms with E-state index in [0.29, 0.717) is 10.7 Å². The van der Waals surface area contributed by atoms with Crippen LogP contribution in [0.1, 0.15) is 33.5 Å². The summed E-state index contributed by atoms with van der Waals surface area (Å²) in [7, 11) is 1.75. The highest BCUT2D eigenvalue weighted by molar-refractivity contribution is 6.30. The molecule has 0 spiro atoms. The molecule has 1 N–H and O–H groups in total. The van der Waals surface area contributed by atoms with Gasteiger partial charge in [0.05, 0.1) is 17.4 Å². The van der Waals surface area contributed by atoms with Crippen LogP contribution >= 0.6 is 11.6 Å². The van der Waals surface area contributed by atoms with Gasteiger partial charge in [-0.15, -0.1) is 0 Å². The van der Waals surface area contributed by atoms with Gasteiger partial charge in [-0.1, -0.05) is 29.8 Å². The van der Waals surface area contributed by atoms with Gasteiger partial charge in [-0.3, -0.25) is 14.5 Å². The Balaban J connectivity index is 1.96. The number of hydrogen-bond donors (Lipinski definition) is 1. The molecule has 0 fully saturated rings. The second-order valence-corrected chi connectivity index (χ2v) is 5.95. The first kappa shape index (κ1) is 16.2. The number of nitrogens with zero attached hydrogens (tertiary/aromatic N) is 3. The lowest BCUT2D eigenvalue weighted by Crippen LogP contribution is -2.31. The zero-order valence-corrected chi connectivity index (χ0v) is 14.2. The maximum Gasteiger partial charge on any atom is 0.270 e. The Hall–Kier alpha value is -2.66. The SMILES string of the molecule is Cc1cc(C(=O)N[C@@H](c2cccc(Cl)c2)c2ccccn2)n(C)n1. The summed E-state index contributed by atoms with van der Waals surface area (Å²) >= 11 is 6.11. The van der Waals surface area contributed by atoms with Gasteiger partial charge in [-0.25, -0.2) is 0 Å². The van der Waals surface area contributed by atoms with Crippen molar-refractivity contribution in [3.63, 3.8) is 0 Å². The number of rotatable bonds is 4. The van der Waals surface area contributed by atoms with Crippen molar-refractivity contribution in [1.29, 1.82) is 0 Å². The van der Waals surface area contributed by atoms with Gasteiger partial charge in [0.2, 0.25) is 0 Å². The van der Waals surface area contributed by atoms with Crippen molar-refractivity contribution in [3.8, 4) is 0 Å². The van der Waals surface area contributed by atoms with Crippen molar-refractivity contribution in [1.82, 2.24) is 20.1 Å². The van der Waals surface area contributed by atoms with Crippen molar-refractivity contribution in [2.75, 3.05) is 0 Å². The fourth-order valence-electron chi connectivity index (χ4n) is 2.59. The number of benzene rings is 1. The molecule has 0 aliphatic carbocycles. The minimum absolute atomic E-state index is 0.214. The standard InChI is InChI=1S/C18H17ClN4O/c1-12-10-16(23(2)22-12)18(24)21-17(15-8-3-4-9-20-15)13-6-5-7-14(19)11-13/h3-11,17H,1-2H3,(H,21,24)/t17-/m0/s1. The third-order valence-electron chi connectivity index (χ3n) is 3.68. The Morgan fingerprint density at radius 1 is 1.21 bits per heavy atom. The Kier molecular flexibility index (Phi) is 4.62. The van der Waals surface area contributed by atoms with Crippen LogP contribution in [0.4, 0.5) is 0 Å². The van der Waals surface area contributed by atoms with Crippen LogP contribution in [-0.4, -0.2) is 20.7 Å². The third-order valence-corrected chi connectivity index (χ3v) is 3.91. The first-order chi connectivity index (χ1) is 11.5. The summed E-state index contributed by atoms with van der Waals surface area (Å²) in [5.74, 6) is -0.214. The molecule has 3 rings (SSSR count). The summed E-state index contributed by atoms with van der Waals surface area (Å²) in [5, 5.41) is 7.85. The first-order valence-corrected chi connectivity index (χ1v) is 7.90. The van der Waals surface area contributed by atoms with E-state index in [1.54, 1.807) is 30.1 Å². The van der Waals surface area contributed by atoms with Crippen molar-refractivity contribution >= 4 is 17.5 Å². The minimum atomic E-state index is -0.396. The van der Waals surface area contributed by atoms with E-state index in [0.717, 1.165) is 17.0 Å². The van der Waals surface area contributed by atoms with Crippen molar-refractivity contribution in [2.45, 2.75) is 13.0 Å². The largest absolute Gasteiger partial charge is 0.338 e. The van der Waals surface area contributed by atoms with Gasteiger partial charge in [0.25, 0.3) is 5.91 Å². The number of halogens is 1. The van der Waals surface area contributed by atoms with E-state index in [1.807, 2.05) is 43.3 Å². The van der Waals surface area contributed by atoms with Gasteiger partial charge in [0.1, 0.15) is 5.69 Å². The summed E-state index contributed by atoms with van der Waals surface area (Å²) in [4.78, 5) is 17.1. The van der Waals surface area contributed by atoms with E-state index in [-0.39, 0.29) is 5.91 Å². The van der Waals surface area contributed by atoms with E-state index < -0.39 is 6.04 Å². The van der Waals surface area contributed by atoms with Crippen LogP contribution in [-0.2, 0) is 7.05 Å². The Morgan fingerprint density at radius 2 is 2.04 bits per heavy atom. The average Bonchev–Trinajstić information content (AvgIpc) is 2.92. The number of carbonyl (C=O) groups is 1. The molecule has 122 valence electrons. The van der Waals surface area contributed by atoms with E-state index >= 15 is 0 Å². The first-order valence-electron chi connectivity index (χ1n) is 7.52. The van der Waals surface area contributed by atoms with E-state index in [2.05, 4.69) is 15.4 Å². The molecule has 5 nitrogen and oxygen atoms in total. The lowest BCUT2D eigenvalue weighted by molar-refractivity contribution is 0.0933. The van der Waals surface area contributed by atoms with Crippen molar-refractivity contribution in [2.24, 2.45) is 7.05 Å². The Bertz CT molecular complexity index is 860. The Morgan fingerprint density at radius 3 is 2.67 bits per heavy atom. The molecule has 2 heterocycles. The molecular weight excluding hydrogens is 324 g/mol. The van der Waals surface area contributed by atoms with Crippen molar-refractivity contribution < 1.29 is 4.79 Å². The monoisotopic (exact) mass is 340 g/mol. The zero-order chi connectivity index (χ0) is 17.1. The number of aromatic nitrogens is 3. The molecule has 6 heteroatoms. The number of hydrogen-bond acceptors (Lipinski definition) is 3. The molecule has 0 radical (unpaired) electrons. The van der Waals surface area contributed by atoms with Crippen LogP contribution in [0.2, 0.25) is 5.02 Å². The molecule has 0 unspecified atom stereocenters. The molecular formula is C18H17ClN4O. The average molecular weight is 341 g/mol. The number of nitrogens with one attached hydrogen (secondary N) is 1. The molecule has 2 aromatic heterocycles. The minimum Gasteiger partial charge on any atom is -0.338 e. The van der Waals surface area contributed by atoms with Crippen LogP contribution < -0.4 is 5.32 Å². The van der Waals surface area contributed by atoms with Crippen LogP contribution in [0, 0.1) is 6.92 Å². The lowest BCUT2D eigenvalue weighted by atomic mass is 10.0. The summed E-state index contributed by atoms with van der Waals surface area (Å²) in [6.45, 7) is 1.85. The third kappa shape index (κ3) is 3.46. The second kappa shape index (κ2) is 6.84. The fourth-order valence-corrected chi connectivity index (χ4v) is 2.79.